The largest absolute Gasteiger partial charge is 0.453 e. The third-order valence-electron chi connectivity index (χ3n) is 7.67. The molecule has 1 spiro atoms. The molecule has 1 fully saturated rings. The van der Waals surface area contributed by atoms with Gasteiger partial charge in [0, 0.05) is 29.2 Å². The number of nitrogens with one attached hydrogen (secondary N) is 3. The third kappa shape index (κ3) is 5.40. The molecule has 1 saturated heterocycles. The van der Waals surface area contributed by atoms with Gasteiger partial charge in [0.25, 0.3) is 0 Å². The third-order valence-corrected chi connectivity index (χ3v) is 7.91. The molecular formula is C31H28ClN5O5. The monoisotopic (exact) mass is 585 g/mol. The maximum absolute atomic E-state index is 14.2. The van der Waals surface area contributed by atoms with Crippen molar-refractivity contribution in [2.24, 2.45) is 0 Å². The first-order valence-corrected chi connectivity index (χ1v) is 13.8. The molecule has 3 amide bonds. The molecular weight excluding hydrogens is 558 g/mol. The maximum atomic E-state index is 14.2. The van der Waals surface area contributed by atoms with E-state index in [0.717, 1.165) is 22.4 Å². The van der Waals surface area contributed by atoms with Crippen LogP contribution in [-0.2, 0) is 26.3 Å². The maximum Gasteiger partial charge on any atom is 0.412 e. The van der Waals surface area contributed by atoms with Gasteiger partial charge in [0.1, 0.15) is 11.7 Å². The zero-order chi connectivity index (χ0) is 29.3. The Labute approximate surface area is 247 Å². The number of aromatic amines is 1. The smallest absolute Gasteiger partial charge is 0.412 e. The number of carbonyl (C=O) groups is 3. The minimum absolute atomic E-state index is 0.118. The summed E-state index contributed by atoms with van der Waals surface area (Å²) in [6.45, 7) is 0.617. The predicted molar refractivity (Wildman–Crippen MR) is 157 cm³/mol. The van der Waals surface area contributed by atoms with Crippen LogP contribution in [0.15, 0.2) is 79.0 Å². The predicted octanol–water partition coefficient (Wildman–Crippen LogP) is 5.92. The number of halogens is 1. The van der Waals surface area contributed by atoms with Crippen LogP contribution in [0.3, 0.4) is 0 Å². The molecule has 2 atom stereocenters. The van der Waals surface area contributed by atoms with E-state index < -0.39 is 23.7 Å². The number of H-pyrrole nitrogens is 1. The van der Waals surface area contributed by atoms with Crippen LogP contribution in [0.25, 0.3) is 11.3 Å². The molecule has 0 unspecified atom stereocenters. The second-order valence-corrected chi connectivity index (χ2v) is 10.8. The van der Waals surface area contributed by atoms with Crippen molar-refractivity contribution in [1.82, 2.24) is 14.9 Å². The highest BCUT2D eigenvalue weighted by Gasteiger charge is 2.49. The summed E-state index contributed by atoms with van der Waals surface area (Å²) in [7, 11) is 1.30. The number of rotatable bonds is 6. The molecule has 3 aromatic carbocycles. The van der Waals surface area contributed by atoms with Gasteiger partial charge in [0.05, 0.1) is 31.2 Å². The van der Waals surface area contributed by atoms with Crippen molar-refractivity contribution in [1.29, 1.82) is 0 Å². The summed E-state index contributed by atoms with van der Waals surface area (Å²) in [5, 5.41) is 5.88. The molecule has 0 bridgehead atoms. The fourth-order valence-corrected chi connectivity index (χ4v) is 5.75. The van der Waals surface area contributed by atoms with Gasteiger partial charge in [-0.25, -0.2) is 14.6 Å². The molecule has 3 N–H and O–H groups in total. The minimum Gasteiger partial charge on any atom is -0.453 e. The Balaban J connectivity index is 1.28. The molecule has 10 nitrogen and oxygen atoms in total. The lowest BCUT2D eigenvalue weighted by Crippen LogP contribution is -2.43. The van der Waals surface area contributed by atoms with Crippen molar-refractivity contribution in [2.75, 3.05) is 30.8 Å². The zero-order valence-corrected chi connectivity index (χ0v) is 23.5. The van der Waals surface area contributed by atoms with Crippen LogP contribution in [0.1, 0.15) is 29.3 Å². The molecule has 11 heteroatoms. The van der Waals surface area contributed by atoms with Gasteiger partial charge >= 0.3 is 12.2 Å². The zero-order valence-electron chi connectivity index (χ0n) is 22.7. The van der Waals surface area contributed by atoms with Crippen LogP contribution in [0.4, 0.5) is 21.0 Å². The Morgan fingerprint density at radius 3 is 2.69 bits per heavy atom. The first-order chi connectivity index (χ1) is 20.3. The summed E-state index contributed by atoms with van der Waals surface area (Å²) < 4.78 is 10.5. The van der Waals surface area contributed by atoms with Crippen LogP contribution in [0, 0.1) is 0 Å². The highest BCUT2D eigenvalue weighted by atomic mass is 35.5. The Hall–Kier alpha value is -4.83. The van der Waals surface area contributed by atoms with Gasteiger partial charge in [-0.15, -0.1) is 0 Å². The number of hydrogen-bond acceptors (Lipinski definition) is 6. The number of anilines is 2. The number of methoxy groups -OCH3 is 1. The van der Waals surface area contributed by atoms with Crippen molar-refractivity contribution < 1.29 is 23.9 Å². The molecule has 0 aliphatic carbocycles. The molecule has 3 heterocycles. The molecule has 6 rings (SSSR count). The Bertz CT molecular complexity index is 1640. The molecule has 42 heavy (non-hydrogen) atoms. The van der Waals surface area contributed by atoms with E-state index in [1.165, 1.54) is 7.11 Å². The van der Waals surface area contributed by atoms with Crippen molar-refractivity contribution >= 4 is 41.1 Å². The first kappa shape index (κ1) is 27.3. The van der Waals surface area contributed by atoms with Gasteiger partial charge < -0.3 is 19.4 Å². The quantitative estimate of drug-likeness (QED) is 0.258. The highest BCUT2D eigenvalue weighted by molar-refractivity contribution is 6.30. The van der Waals surface area contributed by atoms with Gasteiger partial charge in [-0.3, -0.25) is 15.4 Å². The number of carbonyl (C=O) groups excluding carboxylic acids is 3. The van der Waals surface area contributed by atoms with Crippen LogP contribution in [-0.4, -0.2) is 53.2 Å². The SMILES string of the molecule is COC(=O)Nc1ccc(-c2cnc([C@H](Cc3ccccc3)C(=O)N3CC[C@]4(C3)OC(=O)Nc3ccc(Cl)cc34)[nH]2)cc1. The van der Waals surface area contributed by atoms with Crippen LogP contribution in [0.5, 0.6) is 0 Å². The molecule has 4 aromatic rings. The Morgan fingerprint density at radius 1 is 1.14 bits per heavy atom. The molecule has 214 valence electrons. The average Bonchev–Trinajstić information content (AvgIpc) is 3.65. The number of aromatic nitrogens is 2. The number of amides is 3. The van der Waals surface area contributed by atoms with Crippen LogP contribution in [0.2, 0.25) is 5.02 Å². The second kappa shape index (κ2) is 11.2. The number of fused-ring (bicyclic) bond motifs is 2. The van der Waals surface area contributed by atoms with E-state index in [0.29, 0.717) is 41.6 Å². The van der Waals surface area contributed by atoms with E-state index >= 15 is 0 Å². The minimum atomic E-state index is -0.982. The van der Waals surface area contributed by atoms with E-state index in [1.54, 1.807) is 41.4 Å². The number of nitrogens with zero attached hydrogens (tertiary/aromatic N) is 2. The average molecular weight is 586 g/mol. The molecule has 2 aliphatic heterocycles. The Kier molecular flexibility index (Phi) is 7.30. The molecule has 0 radical (unpaired) electrons. The Morgan fingerprint density at radius 2 is 1.93 bits per heavy atom. The topological polar surface area (TPSA) is 126 Å². The number of hydrogen-bond donors (Lipinski definition) is 3. The van der Waals surface area contributed by atoms with Crippen molar-refractivity contribution in [2.45, 2.75) is 24.4 Å². The summed E-state index contributed by atoms with van der Waals surface area (Å²) in [6, 6.07) is 22.2. The normalized spacial score (nSPS) is 18.1. The lowest BCUT2D eigenvalue weighted by atomic mass is 9.90. The van der Waals surface area contributed by atoms with E-state index in [1.807, 2.05) is 42.5 Å². The van der Waals surface area contributed by atoms with Crippen molar-refractivity contribution in [3.8, 4) is 11.3 Å². The lowest BCUT2D eigenvalue weighted by molar-refractivity contribution is -0.133. The first-order valence-electron chi connectivity index (χ1n) is 13.5. The van der Waals surface area contributed by atoms with Gasteiger partial charge in [-0.05, 0) is 47.9 Å². The number of imidazole rings is 1. The fraction of sp³-hybridized carbons (Fsp3) is 0.226. The van der Waals surface area contributed by atoms with Gasteiger partial charge in [0.15, 0.2) is 5.60 Å². The number of benzene rings is 3. The highest BCUT2D eigenvalue weighted by Crippen LogP contribution is 2.44. The summed E-state index contributed by atoms with van der Waals surface area (Å²) in [6.07, 6.45) is 1.48. The summed E-state index contributed by atoms with van der Waals surface area (Å²) in [4.78, 5) is 47.9. The lowest BCUT2D eigenvalue weighted by Gasteiger charge is -2.35. The van der Waals surface area contributed by atoms with Crippen LogP contribution < -0.4 is 10.6 Å². The fourth-order valence-electron chi connectivity index (χ4n) is 5.58. The summed E-state index contributed by atoms with van der Waals surface area (Å²) in [5.41, 5.74) is 3.56. The standard InChI is InChI=1S/C31H28ClN5O5/c1-41-29(39)34-22-10-7-20(8-11-22)26-17-33-27(35-26)23(15-19-5-3-2-4-6-19)28(38)37-14-13-31(18-37)24-16-21(32)9-12-25(24)36-30(40)42-31/h2-12,16-17,23H,13-15,18H2,1H3,(H,33,35)(H,34,39)(H,36,40)/t23-,31+/m0/s1. The molecule has 2 aliphatic rings. The van der Waals surface area contributed by atoms with Crippen molar-refractivity contribution in [3.63, 3.8) is 0 Å². The van der Waals surface area contributed by atoms with E-state index in [4.69, 9.17) is 16.3 Å². The van der Waals surface area contributed by atoms with Gasteiger partial charge in [0.2, 0.25) is 5.91 Å². The summed E-state index contributed by atoms with van der Waals surface area (Å²) in [5.74, 6) is -0.192. The molecule has 0 saturated carbocycles. The van der Waals surface area contributed by atoms with Gasteiger partial charge in [-0.1, -0.05) is 54.1 Å². The molecule has 1 aromatic heterocycles. The summed E-state index contributed by atoms with van der Waals surface area (Å²) >= 11 is 6.30. The van der Waals surface area contributed by atoms with Crippen LogP contribution >= 0.6 is 11.6 Å². The van der Waals surface area contributed by atoms with E-state index in [-0.39, 0.29) is 12.5 Å². The van der Waals surface area contributed by atoms with Crippen molar-refractivity contribution in [3.05, 3.63) is 101 Å². The van der Waals surface area contributed by atoms with Gasteiger partial charge in [-0.2, -0.15) is 0 Å². The number of ether oxygens (including phenoxy) is 2. The number of likely N-dealkylation sites (tertiary alicyclic amines) is 1. The second-order valence-electron chi connectivity index (χ2n) is 10.3. The van der Waals surface area contributed by atoms with E-state index in [9.17, 15) is 14.4 Å². The van der Waals surface area contributed by atoms with E-state index in [2.05, 4.69) is 25.3 Å².